The molecule has 0 saturated carbocycles. The first-order valence-electron chi connectivity index (χ1n) is 28.0. The van der Waals surface area contributed by atoms with E-state index in [-0.39, 0.29) is 91.0 Å². The topological polar surface area (TPSA) is 473 Å². The number of amides is 5. The van der Waals surface area contributed by atoms with Crippen molar-refractivity contribution in [3.63, 3.8) is 0 Å². The average molecular weight is 1230 g/mol. The number of carbonyl (C=O) groups is 12. The average Bonchev–Trinajstić information content (AvgIpc) is 3.97. The van der Waals surface area contributed by atoms with Gasteiger partial charge in [0.2, 0.25) is 5.91 Å². The quantitative estimate of drug-likeness (QED) is 0.00798. The number of azide groups is 2. The Morgan fingerprint density at radius 2 is 0.953 bits per heavy atom. The van der Waals surface area contributed by atoms with Crippen LogP contribution in [0.15, 0.2) is 10.2 Å². The molecule has 7 N–H and O–H groups in total. The van der Waals surface area contributed by atoms with Crippen LogP contribution >= 0.6 is 0 Å². The van der Waals surface area contributed by atoms with E-state index in [0.29, 0.717) is 43.7 Å². The number of aliphatic carboxylic acids is 2. The number of ketones is 2. The molecule has 1 heterocycles. The fraction of sp³-hybridized carbons (Fsp3) is 0.778. The van der Waals surface area contributed by atoms with E-state index in [1.165, 1.54) is 0 Å². The summed E-state index contributed by atoms with van der Waals surface area (Å²) in [6.45, 7) is 21.9. The van der Waals surface area contributed by atoms with Gasteiger partial charge in [0.05, 0.1) is 69.6 Å². The van der Waals surface area contributed by atoms with Crippen molar-refractivity contribution in [2.75, 3.05) is 52.6 Å². The van der Waals surface area contributed by atoms with Gasteiger partial charge in [0.25, 0.3) is 11.8 Å². The molecule has 0 aromatic rings. The van der Waals surface area contributed by atoms with Gasteiger partial charge >= 0.3 is 42.0 Å². The van der Waals surface area contributed by atoms with Crippen molar-refractivity contribution in [3.8, 4) is 0 Å². The van der Waals surface area contributed by atoms with Crippen LogP contribution < -0.4 is 21.7 Å². The van der Waals surface area contributed by atoms with Gasteiger partial charge < -0.3 is 65.2 Å². The minimum atomic E-state index is -1.32. The highest BCUT2D eigenvalue weighted by Crippen LogP contribution is 2.20. The molecule has 1 fully saturated rings. The first kappa shape index (κ1) is 80.4. The summed E-state index contributed by atoms with van der Waals surface area (Å²) in [7, 11) is 0. The van der Waals surface area contributed by atoms with Crippen LogP contribution in [0.4, 0.5) is 9.59 Å². The van der Waals surface area contributed by atoms with Crippen LogP contribution in [0.2, 0.25) is 0 Å². The standard InChI is InChI=1S/C25H43N5O9.C20H36N2O7.C9H12N4O5/c1-24(2,3)38-21(33)16-17(22(34)35)15-19(31)18(29-20(32)10-13-37-14-12-28-30-26)9-7-8-11-27-23(36)39-25(4,5)6;1-19(2,3)28-16(24)12-13(17(25)26)11-15(23)14(21)9-7-8-10-22-18(27)29-20(4,5)6;10-12-11-4-6-17-5-3-9(16)18-13-7(14)1-2-8(13)15/h17-18H,7-16H2,1-6H3,(H,27,36)(H,29,32)(H,34,35);13-14H,7-12,21H2,1-6H3,(H,22,27)(H,25,26);1-6H2/t17-,18-;13-,14-;/m00./s1. The molecule has 1 rings (SSSR count). The minimum absolute atomic E-state index is 0.0316. The number of nitrogens with two attached hydrogens (primary N) is 1. The maximum absolute atomic E-state index is 13.0. The summed E-state index contributed by atoms with van der Waals surface area (Å²) in [6.07, 6.45) is -0.164. The molecule has 1 saturated heterocycles. The highest BCUT2D eigenvalue weighted by Gasteiger charge is 2.34. The van der Waals surface area contributed by atoms with Crippen molar-refractivity contribution in [2.45, 2.75) is 207 Å². The lowest BCUT2D eigenvalue weighted by atomic mass is 9.93. The number of imide groups is 1. The van der Waals surface area contributed by atoms with Gasteiger partial charge in [-0.1, -0.05) is 10.2 Å². The molecule has 32 nitrogen and oxygen atoms in total. The maximum Gasteiger partial charge on any atom is 0.407 e. The first-order chi connectivity index (χ1) is 39.8. The van der Waals surface area contributed by atoms with Crippen molar-refractivity contribution in [2.24, 2.45) is 27.8 Å². The Morgan fingerprint density at radius 1 is 0.558 bits per heavy atom. The third-order valence-corrected chi connectivity index (χ3v) is 10.5. The fourth-order valence-electron chi connectivity index (χ4n) is 6.78. The normalized spacial score (nSPS) is 13.6. The van der Waals surface area contributed by atoms with E-state index in [9.17, 15) is 67.7 Å². The third kappa shape index (κ3) is 45.7. The van der Waals surface area contributed by atoms with E-state index in [0.717, 1.165) is 0 Å². The largest absolute Gasteiger partial charge is 0.481 e. The van der Waals surface area contributed by atoms with Gasteiger partial charge in [-0.15, -0.1) is 5.06 Å². The maximum atomic E-state index is 13.0. The molecule has 0 unspecified atom stereocenters. The van der Waals surface area contributed by atoms with Gasteiger partial charge in [0.15, 0.2) is 5.78 Å². The predicted molar refractivity (Wildman–Crippen MR) is 305 cm³/mol. The van der Waals surface area contributed by atoms with Crippen molar-refractivity contribution >= 4 is 71.3 Å². The number of hydroxylamine groups is 2. The van der Waals surface area contributed by atoms with Crippen molar-refractivity contribution < 1.29 is 101 Å². The monoisotopic (exact) mass is 1230 g/mol. The Balaban J connectivity index is 0. The van der Waals surface area contributed by atoms with Crippen LogP contribution in [-0.4, -0.2) is 174 Å². The second-order valence-electron chi connectivity index (χ2n) is 23.2. The number of Topliss-reactive ketones (excluding diaryl/α,β-unsaturated/α-hetero) is 2. The molecular weight excluding hydrogens is 1140 g/mol. The summed E-state index contributed by atoms with van der Waals surface area (Å²) >= 11 is 0. The number of hydrogen-bond donors (Lipinski definition) is 6. The van der Waals surface area contributed by atoms with Crippen LogP contribution in [0.5, 0.6) is 0 Å². The van der Waals surface area contributed by atoms with Crippen LogP contribution in [0.3, 0.4) is 0 Å². The molecule has 86 heavy (non-hydrogen) atoms. The zero-order chi connectivity index (χ0) is 66.3. The Bertz CT molecular complexity index is 2320. The number of esters is 2. The first-order valence-corrected chi connectivity index (χ1v) is 28.0. The smallest absolute Gasteiger partial charge is 0.407 e. The molecule has 488 valence electrons. The number of hydrogen-bond acceptors (Lipinski definition) is 22. The number of carboxylic acid groups (broad SMARTS) is 2. The summed E-state index contributed by atoms with van der Waals surface area (Å²) in [5, 5.41) is 33.7. The van der Waals surface area contributed by atoms with Crippen molar-refractivity contribution in [1.82, 2.24) is 21.0 Å². The highest BCUT2D eigenvalue weighted by molar-refractivity contribution is 6.01. The Labute approximate surface area is 500 Å². The molecule has 0 radical (unpaired) electrons. The van der Waals surface area contributed by atoms with E-state index in [4.69, 9.17) is 45.2 Å². The van der Waals surface area contributed by atoms with Gasteiger partial charge in [0, 0.05) is 68.1 Å². The molecule has 0 bridgehead atoms. The highest BCUT2D eigenvalue weighted by atomic mass is 16.7. The van der Waals surface area contributed by atoms with Crippen LogP contribution in [-0.2, 0) is 81.2 Å². The zero-order valence-corrected chi connectivity index (χ0v) is 51.7. The second kappa shape index (κ2) is 42.2. The molecule has 0 aromatic carbocycles. The zero-order valence-electron chi connectivity index (χ0n) is 51.7. The second-order valence-corrected chi connectivity index (χ2v) is 23.2. The molecule has 4 atom stereocenters. The summed E-state index contributed by atoms with van der Waals surface area (Å²) in [5.41, 5.74) is 19.3. The lowest BCUT2D eigenvalue weighted by Crippen LogP contribution is -2.42. The summed E-state index contributed by atoms with van der Waals surface area (Å²) in [5.74, 6) is -9.65. The molecule has 32 heteroatoms. The Morgan fingerprint density at radius 3 is 1.35 bits per heavy atom. The molecule has 5 amide bonds. The predicted octanol–water partition coefficient (Wildman–Crippen LogP) is 5.99. The van der Waals surface area contributed by atoms with E-state index in [2.05, 4.69) is 40.8 Å². The number of carboxylic acids is 2. The molecule has 1 aliphatic heterocycles. The number of rotatable bonds is 36. The van der Waals surface area contributed by atoms with E-state index < -0.39 is 130 Å². The molecule has 1 aliphatic rings. The van der Waals surface area contributed by atoms with Gasteiger partial charge in [-0.3, -0.25) is 43.2 Å². The lowest BCUT2D eigenvalue weighted by molar-refractivity contribution is -0.198. The number of nitrogens with one attached hydrogen (secondary N) is 3. The number of carbonyl (C=O) groups excluding carboxylic acids is 10. The Kier molecular flexibility index (Phi) is 39.5. The van der Waals surface area contributed by atoms with Gasteiger partial charge in [-0.05, 0) is 133 Å². The summed E-state index contributed by atoms with van der Waals surface area (Å²) < 4.78 is 30.7. The summed E-state index contributed by atoms with van der Waals surface area (Å²) in [4.78, 5) is 151. The van der Waals surface area contributed by atoms with Crippen molar-refractivity contribution in [1.29, 1.82) is 0 Å². The molecule has 0 aromatic heterocycles. The van der Waals surface area contributed by atoms with E-state index in [1.54, 1.807) is 83.1 Å². The van der Waals surface area contributed by atoms with Gasteiger partial charge in [-0.2, -0.15) is 0 Å². The van der Waals surface area contributed by atoms with E-state index >= 15 is 0 Å². The van der Waals surface area contributed by atoms with Crippen molar-refractivity contribution in [3.05, 3.63) is 20.9 Å². The van der Waals surface area contributed by atoms with E-state index in [1.807, 2.05) is 0 Å². The van der Waals surface area contributed by atoms with Crippen LogP contribution in [0.25, 0.3) is 20.9 Å². The molecular formula is C54H91N11O21. The number of nitrogens with zero attached hydrogens (tertiary/aromatic N) is 7. The number of ether oxygens (including phenoxy) is 6. The Hall–Kier alpha value is -7.66. The fourth-order valence-corrected chi connectivity index (χ4v) is 6.78. The minimum Gasteiger partial charge on any atom is -0.481 e. The lowest BCUT2D eigenvalue weighted by Gasteiger charge is -2.22. The number of unbranched alkanes of at least 4 members (excludes halogenated alkanes) is 2. The van der Waals surface area contributed by atoms with Crippen LogP contribution in [0.1, 0.15) is 173 Å². The molecule has 0 aliphatic carbocycles. The number of alkyl carbamates (subject to hydrolysis) is 2. The van der Waals surface area contributed by atoms with Gasteiger partial charge in [0.1, 0.15) is 28.2 Å². The molecule has 0 spiro atoms. The third-order valence-electron chi connectivity index (χ3n) is 10.5. The SMILES string of the molecule is CC(C)(C)OC(=O)C[C@H](CC(=O)[C@@H](N)CCCCNC(=O)OC(C)(C)C)C(=O)O.CC(C)(C)OC(=O)C[C@H](CC(=O)[C@H](CCCCNC(=O)OC(C)(C)C)NC(=O)CCOCCN=[N+]=[N-])C(=O)O.[N-]=[N+]=NCCOCCC(=O)ON1C(=O)CCC1=O. The summed E-state index contributed by atoms with van der Waals surface area (Å²) in [6, 6.07) is -1.82. The van der Waals surface area contributed by atoms with Gasteiger partial charge in [-0.25, -0.2) is 14.4 Å². The van der Waals surface area contributed by atoms with Crippen LogP contribution in [0, 0.1) is 11.8 Å².